The number of rotatable bonds is 3. The summed E-state index contributed by atoms with van der Waals surface area (Å²) in [6.45, 7) is 1.98. The Balaban J connectivity index is 1.59. The molecular formula is C19H22N4O2. The molecule has 1 atom stereocenters. The van der Waals surface area contributed by atoms with Gasteiger partial charge in [-0.25, -0.2) is 4.98 Å². The van der Waals surface area contributed by atoms with Crippen LogP contribution in [0, 0.1) is 0 Å². The third kappa shape index (κ3) is 2.71. The molecule has 0 radical (unpaired) electrons. The van der Waals surface area contributed by atoms with Gasteiger partial charge in [0.2, 0.25) is 5.91 Å². The quantitative estimate of drug-likeness (QED) is 0.933. The van der Waals surface area contributed by atoms with Crippen molar-refractivity contribution >= 4 is 11.8 Å². The predicted molar refractivity (Wildman–Crippen MR) is 92.7 cm³/mol. The second-order valence-electron chi connectivity index (χ2n) is 6.87. The van der Waals surface area contributed by atoms with Gasteiger partial charge in [0.1, 0.15) is 11.2 Å². The zero-order chi connectivity index (χ0) is 17.3. The van der Waals surface area contributed by atoms with Crippen LogP contribution in [0.2, 0.25) is 0 Å². The fourth-order valence-electron chi connectivity index (χ4n) is 4.19. The van der Waals surface area contributed by atoms with Gasteiger partial charge in [0, 0.05) is 19.6 Å². The summed E-state index contributed by atoms with van der Waals surface area (Å²) >= 11 is 0. The first kappa shape index (κ1) is 15.9. The number of aromatic nitrogens is 2. The monoisotopic (exact) mass is 338 g/mol. The Labute approximate surface area is 146 Å². The van der Waals surface area contributed by atoms with Crippen molar-refractivity contribution in [2.24, 2.45) is 0 Å². The smallest absolute Gasteiger partial charge is 0.272 e. The largest absolute Gasteiger partial charge is 0.341 e. The van der Waals surface area contributed by atoms with Crippen LogP contribution in [-0.4, -0.2) is 50.2 Å². The van der Waals surface area contributed by atoms with Crippen LogP contribution in [0.4, 0.5) is 0 Å². The van der Waals surface area contributed by atoms with Gasteiger partial charge in [-0.3, -0.25) is 9.59 Å². The number of imidazole rings is 1. The lowest BCUT2D eigenvalue weighted by molar-refractivity contribution is -0.146. The Kier molecular flexibility index (Phi) is 4.03. The lowest BCUT2D eigenvalue weighted by Crippen LogP contribution is -2.61. The second-order valence-corrected chi connectivity index (χ2v) is 6.87. The first-order chi connectivity index (χ1) is 12.2. The molecule has 0 aliphatic carbocycles. The average molecular weight is 338 g/mol. The van der Waals surface area contributed by atoms with Crippen LogP contribution < -0.4 is 0 Å². The van der Waals surface area contributed by atoms with Gasteiger partial charge < -0.3 is 14.8 Å². The van der Waals surface area contributed by atoms with Gasteiger partial charge in [0.05, 0.1) is 12.5 Å². The van der Waals surface area contributed by atoms with E-state index in [1.165, 1.54) is 12.5 Å². The number of carbonyl (C=O) groups excluding carboxylic acids is 2. The SMILES string of the molecule is O=C(c1cnc[nH]1)N1CCCC12CCCN(Cc1ccccc1)C2=O. The molecule has 3 heterocycles. The van der Waals surface area contributed by atoms with E-state index in [1.807, 2.05) is 35.2 Å². The number of aromatic amines is 1. The van der Waals surface area contributed by atoms with Crippen molar-refractivity contribution < 1.29 is 9.59 Å². The van der Waals surface area contributed by atoms with E-state index in [0.29, 0.717) is 18.8 Å². The standard InChI is InChI=1S/C19H22N4O2/c24-17(16-12-20-14-21-16)23-11-5-9-19(23)8-4-10-22(18(19)25)13-15-6-2-1-3-7-15/h1-3,6-7,12,14H,4-5,8-11,13H2,(H,20,21). The van der Waals surface area contributed by atoms with E-state index < -0.39 is 5.54 Å². The minimum absolute atomic E-state index is 0.0907. The molecule has 2 amide bonds. The Morgan fingerprint density at radius 1 is 1.16 bits per heavy atom. The summed E-state index contributed by atoms with van der Waals surface area (Å²) < 4.78 is 0. The minimum atomic E-state index is -0.685. The highest BCUT2D eigenvalue weighted by atomic mass is 16.2. The van der Waals surface area contributed by atoms with Crippen LogP contribution in [-0.2, 0) is 11.3 Å². The van der Waals surface area contributed by atoms with Crippen LogP contribution in [0.15, 0.2) is 42.9 Å². The van der Waals surface area contributed by atoms with Crippen molar-refractivity contribution in [3.8, 4) is 0 Å². The summed E-state index contributed by atoms with van der Waals surface area (Å²) in [6, 6.07) is 10.0. The molecular weight excluding hydrogens is 316 g/mol. The van der Waals surface area contributed by atoms with Gasteiger partial charge in [-0.15, -0.1) is 0 Å². The topological polar surface area (TPSA) is 69.3 Å². The summed E-state index contributed by atoms with van der Waals surface area (Å²) in [6.07, 6.45) is 6.31. The second kappa shape index (κ2) is 6.35. The van der Waals surface area contributed by atoms with E-state index in [2.05, 4.69) is 9.97 Å². The van der Waals surface area contributed by atoms with E-state index in [4.69, 9.17) is 0 Å². The highest BCUT2D eigenvalue weighted by Gasteiger charge is 2.52. The van der Waals surface area contributed by atoms with Gasteiger partial charge >= 0.3 is 0 Å². The number of hydrogen-bond donors (Lipinski definition) is 1. The van der Waals surface area contributed by atoms with Crippen molar-refractivity contribution in [3.05, 3.63) is 54.1 Å². The molecule has 2 fully saturated rings. The van der Waals surface area contributed by atoms with Crippen molar-refractivity contribution in [2.75, 3.05) is 13.1 Å². The molecule has 25 heavy (non-hydrogen) atoms. The zero-order valence-electron chi connectivity index (χ0n) is 14.1. The number of piperidine rings is 1. The number of likely N-dealkylation sites (tertiary alicyclic amines) is 2. The van der Waals surface area contributed by atoms with E-state index in [9.17, 15) is 9.59 Å². The number of nitrogens with zero attached hydrogens (tertiary/aromatic N) is 3. The van der Waals surface area contributed by atoms with Gasteiger partial charge in [-0.1, -0.05) is 30.3 Å². The maximum absolute atomic E-state index is 13.3. The van der Waals surface area contributed by atoms with Crippen molar-refractivity contribution in [2.45, 2.75) is 37.8 Å². The van der Waals surface area contributed by atoms with E-state index in [1.54, 1.807) is 4.90 Å². The molecule has 2 aliphatic heterocycles. The number of H-pyrrole nitrogens is 1. The van der Waals surface area contributed by atoms with Gasteiger partial charge in [0.15, 0.2) is 0 Å². The first-order valence-corrected chi connectivity index (χ1v) is 8.84. The number of hydrogen-bond acceptors (Lipinski definition) is 3. The Hall–Kier alpha value is -2.63. The average Bonchev–Trinajstić information content (AvgIpc) is 3.30. The van der Waals surface area contributed by atoms with Gasteiger partial charge in [0.25, 0.3) is 5.91 Å². The minimum Gasteiger partial charge on any atom is -0.341 e. The Morgan fingerprint density at radius 3 is 2.64 bits per heavy atom. The normalized spacial score (nSPS) is 23.4. The molecule has 6 heteroatoms. The fourth-order valence-corrected chi connectivity index (χ4v) is 4.19. The molecule has 6 nitrogen and oxygen atoms in total. The molecule has 1 unspecified atom stereocenters. The molecule has 2 aromatic rings. The lowest BCUT2D eigenvalue weighted by atomic mass is 9.85. The molecule has 2 saturated heterocycles. The third-order valence-corrected chi connectivity index (χ3v) is 5.38. The molecule has 4 rings (SSSR count). The molecule has 1 aromatic carbocycles. The summed E-state index contributed by atoms with van der Waals surface area (Å²) in [5.74, 6) is -0.0297. The van der Waals surface area contributed by atoms with E-state index in [0.717, 1.165) is 37.8 Å². The van der Waals surface area contributed by atoms with Crippen LogP contribution in [0.1, 0.15) is 41.7 Å². The number of carbonyl (C=O) groups is 2. The molecule has 0 bridgehead atoms. The summed E-state index contributed by atoms with van der Waals surface area (Å²) in [7, 11) is 0. The van der Waals surface area contributed by atoms with Crippen molar-refractivity contribution in [1.82, 2.24) is 19.8 Å². The van der Waals surface area contributed by atoms with Crippen LogP contribution in [0.3, 0.4) is 0 Å². The van der Waals surface area contributed by atoms with Crippen molar-refractivity contribution in [3.63, 3.8) is 0 Å². The zero-order valence-corrected chi connectivity index (χ0v) is 14.1. The Morgan fingerprint density at radius 2 is 1.92 bits per heavy atom. The molecule has 1 spiro atoms. The van der Waals surface area contributed by atoms with Crippen molar-refractivity contribution in [1.29, 1.82) is 0 Å². The molecule has 1 N–H and O–H groups in total. The van der Waals surface area contributed by atoms with E-state index >= 15 is 0 Å². The third-order valence-electron chi connectivity index (χ3n) is 5.38. The maximum Gasteiger partial charge on any atom is 0.272 e. The molecule has 2 aliphatic rings. The van der Waals surface area contributed by atoms with Crippen LogP contribution >= 0.6 is 0 Å². The van der Waals surface area contributed by atoms with Gasteiger partial charge in [-0.2, -0.15) is 0 Å². The first-order valence-electron chi connectivity index (χ1n) is 8.84. The van der Waals surface area contributed by atoms with Gasteiger partial charge in [-0.05, 0) is 31.2 Å². The number of nitrogens with one attached hydrogen (secondary N) is 1. The molecule has 130 valence electrons. The highest BCUT2D eigenvalue weighted by Crippen LogP contribution is 2.39. The van der Waals surface area contributed by atoms with Crippen LogP contribution in [0.5, 0.6) is 0 Å². The number of amides is 2. The summed E-state index contributed by atoms with van der Waals surface area (Å²) in [4.78, 5) is 36.7. The molecule has 1 aromatic heterocycles. The predicted octanol–water partition coefficient (Wildman–Crippen LogP) is 2.21. The highest BCUT2D eigenvalue weighted by molar-refractivity contribution is 5.98. The van der Waals surface area contributed by atoms with Crippen LogP contribution in [0.25, 0.3) is 0 Å². The Bertz CT molecular complexity index is 759. The summed E-state index contributed by atoms with van der Waals surface area (Å²) in [5.41, 5.74) is 0.890. The number of benzene rings is 1. The van der Waals surface area contributed by atoms with E-state index in [-0.39, 0.29) is 11.8 Å². The fraction of sp³-hybridized carbons (Fsp3) is 0.421. The summed E-state index contributed by atoms with van der Waals surface area (Å²) in [5, 5.41) is 0. The maximum atomic E-state index is 13.3. The lowest BCUT2D eigenvalue weighted by Gasteiger charge is -2.44. The molecule has 0 saturated carbocycles.